The number of carbonyl (C=O) groups excluding carboxylic acids is 4. The van der Waals surface area contributed by atoms with Crippen molar-refractivity contribution in [3.63, 3.8) is 0 Å². The summed E-state index contributed by atoms with van der Waals surface area (Å²) in [6, 6.07) is 0. The molecule has 0 aliphatic heterocycles. The largest absolute Gasteiger partial charge is 0.472 e. The standard InChI is InChI=1S/C83H124O17P2/c1-5-9-13-17-21-25-29-33-37-38-42-44-48-52-56-60-64-68-81(86)94-74-79(100-83(88)70-66-62-58-54-50-46-41-36-32-28-24-20-16-12-8-4)76-98-102(91,92)96-72-77(84)71-95-101(89,90)97-75-78(99-82(87)69-65-61-57-53-49-45-40-35-31-27-23-19-15-11-7-3)73-93-80(85)67-63-59-55-51-47-43-39-34-30-26-22-18-14-10-6-2/h9-16,21-28,33-37,39-42,44,47,49-54,56,59,62-63,66,77-79,84H,5-8,17-20,29-32,38,43,45-46,48,55,57-58,60-61,64-65,67-76H2,1-4H3,(H,89,90)(H,91,92)/b13-9-,14-10-,15-11-,16-12-,25-21-,26-22-,27-23-,28-24-,37-33-,39-34-,40-35-,41-36-,44-42-,51-47-,53-49-,54-50-,56-52-,63-59-,66-62-. The number of hydrogen-bond donors (Lipinski definition) is 3. The number of aliphatic hydroxyl groups is 1. The summed E-state index contributed by atoms with van der Waals surface area (Å²) in [5.74, 6) is -2.63. The molecule has 0 aromatic rings. The van der Waals surface area contributed by atoms with Crippen LogP contribution >= 0.6 is 15.6 Å². The van der Waals surface area contributed by atoms with Crippen molar-refractivity contribution in [2.75, 3.05) is 39.6 Å². The van der Waals surface area contributed by atoms with Gasteiger partial charge in [-0.25, -0.2) is 9.13 Å². The van der Waals surface area contributed by atoms with Crippen LogP contribution in [0.2, 0.25) is 0 Å². The number of unbranched alkanes of at least 4 members (excludes halogenated alkanes) is 3. The molecule has 102 heavy (non-hydrogen) atoms. The van der Waals surface area contributed by atoms with Crippen LogP contribution in [0.1, 0.15) is 207 Å². The van der Waals surface area contributed by atoms with Gasteiger partial charge in [0.2, 0.25) is 0 Å². The molecule has 0 aliphatic carbocycles. The molecule has 0 saturated carbocycles. The molecule has 0 bridgehead atoms. The highest BCUT2D eigenvalue weighted by Crippen LogP contribution is 2.45. The van der Waals surface area contributed by atoms with Crippen LogP contribution in [0, 0.1) is 0 Å². The predicted octanol–water partition coefficient (Wildman–Crippen LogP) is 21.1. The number of hydrogen-bond acceptors (Lipinski definition) is 15. The Morgan fingerprint density at radius 1 is 0.284 bits per heavy atom. The fraction of sp³-hybridized carbons (Fsp3) is 0.494. The van der Waals surface area contributed by atoms with Gasteiger partial charge in [-0.05, 0) is 154 Å². The molecule has 0 spiro atoms. The molecule has 5 unspecified atom stereocenters. The zero-order chi connectivity index (χ0) is 74.6. The number of rotatable bonds is 65. The zero-order valence-electron chi connectivity index (χ0n) is 61.7. The van der Waals surface area contributed by atoms with E-state index < -0.39 is 97.5 Å². The Balaban J connectivity index is 5.62. The summed E-state index contributed by atoms with van der Waals surface area (Å²) in [5.41, 5.74) is 0. The van der Waals surface area contributed by atoms with Crippen molar-refractivity contribution in [1.29, 1.82) is 0 Å². The number of phosphoric acid groups is 2. The van der Waals surface area contributed by atoms with Gasteiger partial charge in [-0.1, -0.05) is 259 Å². The maximum Gasteiger partial charge on any atom is 0.472 e. The lowest BCUT2D eigenvalue weighted by Crippen LogP contribution is -2.30. The van der Waals surface area contributed by atoms with Crippen LogP contribution in [0.3, 0.4) is 0 Å². The smallest absolute Gasteiger partial charge is 0.462 e. The zero-order valence-corrected chi connectivity index (χ0v) is 63.5. The van der Waals surface area contributed by atoms with Crippen LogP contribution in [-0.4, -0.2) is 96.7 Å². The SMILES string of the molecule is CC/C=C\C/C=C\C/C=C\C/C=C\C/C=C\CCCC(=O)OCC(COP(=O)(O)OCC(O)COP(=O)(O)OCC(COC(=O)C/C=C\C/C=C\C/C=C\C/C=C\C/C=C\CC)OC(=O)CCCC/C=C\C/C=C\C/C=C\C/C=C\CC)OC(=O)C/C=C\C/C=C\C/C=C\C/C=C\C/C=C\CC. The van der Waals surface area contributed by atoms with E-state index in [1.165, 1.54) is 0 Å². The summed E-state index contributed by atoms with van der Waals surface area (Å²) >= 11 is 0. The van der Waals surface area contributed by atoms with Gasteiger partial charge < -0.3 is 33.8 Å². The molecule has 17 nitrogen and oxygen atoms in total. The van der Waals surface area contributed by atoms with Gasteiger partial charge in [0.15, 0.2) is 12.2 Å². The highest BCUT2D eigenvalue weighted by Gasteiger charge is 2.30. The minimum Gasteiger partial charge on any atom is -0.462 e. The third-order valence-corrected chi connectivity index (χ3v) is 15.6. The molecule has 0 amide bonds. The number of ether oxygens (including phenoxy) is 4. The first-order valence-electron chi connectivity index (χ1n) is 36.6. The Kier molecular flexibility index (Phi) is 67.6. The molecule has 0 saturated heterocycles. The van der Waals surface area contributed by atoms with E-state index >= 15 is 0 Å². The van der Waals surface area contributed by atoms with Crippen molar-refractivity contribution in [2.45, 2.75) is 226 Å². The van der Waals surface area contributed by atoms with Crippen LogP contribution < -0.4 is 0 Å². The molecular formula is C83H124O17P2. The third-order valence-electron chi connectivity index (χ3n) is 13.7. The van der Waals surface area contributed by atoms with E-state index in [4.69, 9.17) is 37.0 Å². The van der Waals surface area contributed by atoms with Crippen molar-refractivity contribution in [3.8, 4) is 0 Å². The Hall–Kier alpha value is -6.88. The summed E-state index contributed by atoms with van der Waals surface area (Å²) < 4.78 is 68.0. The maximum absolute atomic E-state index is 13.1. The van der Waals surface area contributed by atoms with Crippen LogP contribution in [0.5, 0.6) is 0 Å². The van der Waals surface area contributed by atoms with E-state index in [1.54, 1.807) is 18.2 Å². The van der Waals surface area contributed by atoms with Gasteiger partial charge >= 0.3 is 39.5 Å². The van der Waals surface area contributed by atoms with Crippen LogP contribution in [0.25, 0.3) is 0 Å². The molecule has 5 atom stereocenters. The molecule has 0 aliphatic rings. The van der Waals surface area contributed by atoms with E-state index in [2.05, 4.69) is 192 Å². The molecule has 0 rings (SSSR count). The molecule has 19 heteroatoms. The number of phosphoric ester groups is 2. The average Bonchev–Trinajstić information content (AvgIpc) is 0.923. The average molecular weight is 1460 g/mol. The number of carbonyl (C=O) groups is 4. The minimum absolute atomic E-state index is 0.00838. The van der Waals surface area contributed by atoms with E-state index in [9.17, 15) is 43.2 Å². The van der Waals surface area contributed by atoms with Gasteiger partial charge in [0, 0.05) is 12.8 Å². The molecule has 0 fully saturated rings. The quantitative estimate of drug-likeness (QED) is 0.0169. The van der Waals surface area contributed by atoms with Crippen LogP contribution in [-0.2, 0) is 65.4 Å². The Bertz CT molecular complexity index is 2850. The number of allylic oxidation sites excluding steroid dienone is 36. The Morgan fingerprint density at radius 2 is 0.529 bits per heavy atom. The second kappa shape index (κ2) is 72.5. The molecule has 0 radical (unpaired) electrons. The van der Waals surface area contributed by atoms with Gasteiger partial charge in [0.05, 0.1) is 39.3 Å². The van der Waals surface area contributed by atoms with Crippen molar-refractivity contribution < 1.29 is 80.2 Å². The van der Waals surface area contributed by atoms with Crippen LogP contribution in [0.15, 0.2) is 231 Å². The monoisotopic (exact) mass is 1450 g/mol. The van der Waals surface area contributed by atoms with Crippen molar-refractivity contribution in [2.24, 2.45) is 0 Å². The third kappa shape index (κ3) is 71.5. The lowest BCUT2D eigenvalue weighted by Gasteiger charge is -2.21. The van der Waals surface area contributed by atoms with Gasteiger partial charge in [0.25, 0.3) is 0 Å². The van der Waals surface area contributed by atoms with Gasteiger partial charge in [-0.3, -0.25) is 37.3 Å². The minimum atomic E-state index is -5.03. The molecule has 3 N–H and O–H groups in total. The van der Waals surface area contributed by atoms with Gasteiger partial charge in [-0.15, -0.1) is 0 Å². The topological polar surface area (TPSA) is 237 Å². The fourth-order valence-corrected chi connectivity index (χ4v) is 9.85. The van der Waals surface area contributed by atoms with Crippen LogP contribution in [0.4, 0.5) is 0 Å². The first kappa shape index (κ1) is 95.1. The predicted molar refractivity (Wildman–Crippen MR) is 417 cm³/mol. The number of aliphatic hydroxyl groups excluding tert-OH is 1. The summed E-state index contributed by atoms with van der Waals surface area (Å²) in [6.45, 7) is 3.98. The lowest BCUT2D eigenvalue weighted by molar-refractivity contribution is -0.160. The molecule has 0 aromatic carbocycles. The molecule has 0 heterocycles. The van der Waals surface area contributed by atoms with E-state index in [1.807, 2.05) is 48.6 Å². The van der Waals surface area contributed by atoms with E-state index in [0.29, 0.717) is 38.5 Å². The van der Waals surface area contributed by atoms with Gasteiger partial charge in [0.1, 0.15) is 19.3 Å². The highest BCUT2D eigenvalue weighted by atomic mass is 31.2. The van der Waals surface area contributed by atoms with Crippen molar-refractivity contribution in [1.82, 2.24) is 0 Å². The Labute approximate surface area is 613 Å². The summed E-state index contributed by atoms with van der Waals surface area (Å²) in [4.78, 5) is 72.7. The fourth-order valence-electron chi connectivity index (χ4n) is 8.27. The summed E-state index contributed by atoms with van der Waals surface area (Å²) in [6.07, 6.45) is 92.7. The second-order valence-corrected chi connectivity index (χ2v) is 25.9. The van der Waals surface area contributed by atoms with Crippen molar-refractivity contribution in [3.05, 3.63) is 231 Å². The summed E-state index contributed by atoms with van der Waals surface area (Å²) in [7, 11) is -10.1. The Morgan fingerprint density at radius 3 is 0.853 bits per heavy atom. The first-order chi connectivity index (χ1) is 49.7. The van der Waals surface area contributed by atoms with E-state index in [-0.39, 0.29) is 25.7 Å². The second-order valence-electron chi connectivity index (χ2n) is 23.0. The molecule has 0 aromatic heterocycles. The van der Waals surface area contributed by atoms with Crippen molar-refractivity contribution >= 4 is 39.5 Å². The summed E-state index contributed by atoms with van der Waals surface area (Å²) in [5, 5.41) is 10.6. The van der Waals surface area contributed by atoms with Gasteiger partial charge in [-0.2, -0.15) is 0 Å². The highest BCUT2D eigenvalue weighted by molar-refractivity contribution is 7.47. The molecule has 568 valence electrons. The number of esters is 4. The lowest BCUT2D eigenvalue weighted by atomic mass is 10.2. The van der Waals surface area contributed by atoms with E-state index in [0.717, 1.165) is 116 Å². The normalized spacial score (nSPS) is 15.2. The first-order valence-corrected chi connectivity index (χ1v) is 39.6. The molecular weight excluding hydrogens is 1330 g/mol. The maximum atomic E-state index is 13.1.